The first-order valence-corrected chi connectivity index (χ1v) is 8.99. The van der Waals surface area contributed by atoms with Crippen molar-refractivity contribution in [3.05, 3.63) is 71.9 Å². The van der Waals surface area contributed by atoms with E-state index in [-0.39, 0.29) is 18.3 Å². The van der Waals surface area contributed by atoms with Gasteiger partial charge in [0.05, 0.1) is 13.7 Å². The number of benzene rings is 2. The molecule has 5 heteroatoms. The summed E-state index contributed by atoms with van der Waals surface area (Å²) in [5.74, 6) is -1.00. The first-order valence-electron chi connectivity index (χ1n) is 8.99. The van der Waals surface area contributed by atoms with E-state index in [4.69, 9.17) is 9.47 Å². The van der Waals surface area contributed by atoms with E-state index < -0.39 is 11.9 Å². The minimum absolute atomic E-state index is 0.232. The van der Waals surface area contributed by atoms with Gasteiger partial charge in [0.15, 0.2) is 5.78 Å². The van der Waals surface area contributed by atoms with Crippen LogP contribution in [-0.4, -0.2) is 25.5 Å². The summed E-state index contributed by atoms with van der Waals surface area (Å²) in [5.41, 5.74) is 2.59. The summed E-state index contributed by atoms with van der Waals surface area (Å²) in [6.45, 7) is 2.00. The number of carbonyl (C=O) groups excluding carboxylic acids is 2. The molecule has 1 N–H and O–H groups in total. The highest BCUT2D eigenvalue weighted by molar-refractivity contribution is 6.07. The number of hydrogen-bond donors (Lipinski definition) is 1. The van der Waals surface area contributed by atoms with Gasteiger partial charge in [0.25, 0.3) is 0 Å². The van der Waals surface area contributed by atoms with Gasteiger partial charge in [-0.25, -0.2) is 0 Å². The van der Waals surface area contributed by atoms with Gasteiger partial charge in [-0.2, -0.15) is 0 Å². The van der Waals surface area contributed by atoms with Crippen LogP contribution in [0.3, 0.4) is 0 Å². The lowest BCUT2D eigenvalue weighted by atomic mass is 9.76. The standard InChI is InChI=1S/C22H23NO4/c1-3-27-22(25)21-19(15-7-5-4-6-8-15)13-17(14-20(21)24)23-16-9-11-18(26-2)12-10-16/h4-12,14,19,21,23H,3,13H2,1-2H3/t19-,21+/m0/s1. The summed E-state index contributed by atoms with van der Waals surface area (Å²) < 4.78 is 10.3. The number of hydrogen-bond acceptors (Lipinski definition) is 5. The lowest BCUT2D eigenvalue weighted by Crippen LogP contribution is -2.35. The lowest BCUT2D eigenvalue weighted by molar-refractivity contribution is -0.151. The molecule has 0 aliphatic heterocycles. The second kappa shape index (κ2) is 8.54. The minimum atomic E-state index is -0.811. The van der Waals surface area contributed by atoms with Crippen molar-refractivity contribution < 1.29 is 19.1 Å². The third-order valence-electron chi connectivity index (χ3n) is 4.63. The Hall–Kier alpha value is -3.08. The van der Waals surface area contributed by atoms with Gasteiger partial charge in [-0.15, -0.1) is 0 Å². The Morgan fingerprint density at radius 3 is 2.44 bits per heavy atom. The predicted molar refractivity (Wildman–Crippen MR) is 104 cm³/mol. The fourth-order valence-electron chi connectivity index (χ4n) is 3.34. The lowest BCUT2D eigenvalue weighted by Gasteiger charge is -2.29. The molecule has 0 spiro atoms. The second-order valence-corrected chi connectivity index (χ2v) is 6.38. The summed E-state index contributed by atoms with van der Waals surface area (Å²) in [6.07, 6.45) is 2.07. The summed E-state index contributed by atoms with van der Waals surface area (Å²) in [7, 11) is 1.62. The average molecular weight is 365 g/mol. The third kappa shape index (κ3) is 4.37. The van der Waals surface area contributed by atoms with Crippen LogP contribution in [0.5, 0.6) is 5.75 Å². The number of allylic oxidation sites excluding steroid dienone is 2. The van der Waals surface area contributed by atoms with Crippen LogP contribution >= 0.6 is 0 Å². The van der Waals surface area contributed by atoms with Crippen LogP contribution in [0, 0.1) is 5.92 Å². The highest BCUT2D eigenvalue weighted by atomic mass is 16.5. The molecule has 0 amide bonds. The maximum atomic E-state index is 12.8. The van der Waals surface area contributed by atoms with Gasteiger partial charge in [-0.05, 0) is 43.2 Å². The maximum Gasteiger partial charge on any atom is 0.317 e. The van der Waals surface area contributed by atoms with Crippen LogP contribution in [0.2, 0.25) is 0 Å². The number of ketones is 1. The highest BCUT2D eigenvalue weighted by Gasteiger charge is 2.39. The van der Waals surface area contributed by atoms with Crippen molar-refractivity contribution in [1.82, 2.24) is 0 Å². The summed E-state index contributed by atoms with van der Waals surface area (Å²) in [4.78, 5) is 25.2. The summed E-state index contributed by atoms with van der Waals surface area (Å²) in [5, 5.41) is 3.29. The molecule has 1 aliphatic rings. The molecule has 5 nitrogen and oxygen atoms in total. The van der Waals surface area contributed by atoms with Crippen LogP contribution in [0.1, 0.15) is 24.8 Å². The van der Waals surface area contributed by atoms with E-state index >= 15 is 0 Å². The molecule has 0 saturated heterocycles. The number of esters is 1. The van der Waals surface area contributed by atoms with E-state index in [0.29, 0.717) is 6.42 Å². The smallest absolute Gasteiger partial charge is 0.317 e. The Bertz CT molecular complexity index is 827. The van der Waals surface area contributed by atoms with Crippen LogP contribution < -0.4 is 10.1 Å². The van der Waals surface area contributed by atoms with Gasteiger partial charge in [0.2, 0.25) is 0 Å². The molecule has 0 bridgehead atoms. The number of carbonyl (C=O) groups is 2. The molecular formula is C22H23NO4. The van der Waals surface area contributed by atoms with E-state index in [1.807, 2.05) is 54.6 Å². The zero-order valence-corrected chi connectivity index (χ0v) is 15.5. The van der Waals surface area contributed by atoms with Crippen LogP contribution in [0.4, 0.5) is 5.69 Å². The number of methoxy groups -OCH3 is 1. The van der Waals surface area contributed by atoms with Gasteiger partial charge < -0.3 is 14.8 Å². The number of nitrogens with one attached hydrogen (secondary N) is 1. The molecule has 2 atom stereocenters. The average Bonchev–Trinajstić information content (AvgIpc) is 2.69. The quantitative estimate of drug-likeness (QED) is 0.621. The van der Waals surface area contributed by atoms with E-state index in [1.54, 1.807) is 14.0 Å². The zero-order valence-electron chi connectivity index (χ0n) is 15.5. The molecule has 0 fully saturated rings. The van der Waals surface area contributed by atoms with Crippen molar-refractivity contribution >= 4 is 17.4 Å². The Kier molecular flexibility index (Phi) is 5.91. The van der Waals surface area contributed by atoms with Crippen molar-refractivity contribution in [3.8, 4) is 5.75 Å². The Morgan fingerprint density at radius 1 is 1.11 bits per heavy atom. The zero-order chi connectivity index (χ0) is 19.2. The minimum Gasteiger partial charge on any atom is -0.497 e. The molecule has 27 heavy (non-hydrogen) atoms. The molecule has 0 radical (unpaired) electrons. The summed E-state index contributed by atoms with van der Waals surface area (Å²) in [6, 6.07) is 17.1. The SMILES string of the molecule is CCOC(=O)[C@H]1C(=O)C=C(Nc2ccc(OC)cc2)C[C@H]1c1ccccc1. The molecule has 0 unspecified atom stereocenters. The van der Waals surface area contributed by atoms with E-state index in [9.17, 15) is 9.59 Å². The van der Waals surface area contributed by atoms with Gasteiger partial charge in [0, 0.05) is 23.4 Å². The van der Waals surface area contributed by atoms with E-state index in [1.165, 1.54) is 6.08 Å². The van der Waals surface area contributed by atoms with Crippen LogP contribution in [0.25, 0.3) is 0 Å². The van der Waals surface area contributed by atoms with Crippen LogP contribution in [0.15, 0.2) is 66.4 Å². The molecule has 3 rings (SSSR count). The Labute approximate surface area is 159 Å². The van der Waals surface area contributed by atoms with Crippen LogP contribution in [-0.2, 0) is 14.3 Å². The predicted octanol–water partition coefficient (Wildman–Crippen LogP) is 3.93. The van der Waals surface area contributed by atoms with Crippen molar-refractivity contribution in [2.75, 3.05) is 19.0 Å². The van der Waals surface area contributed by atoms with Gasteiger partial charge in [-0.3, -0.25) is 9.59 Å². The topological polar surface area (TPSA) is 64.6 Å². The fraction of sp³-hybridized carbons (Fsp3) is 0.273. The Balaban J connectivity index is 1.87. The van der Waals surface area contributed by atoms with Crippen molar-refractivity contribution in [2.24, 2.45) is 5.92 Å². The van der Waals surface area contributed by atoms with Gasteiger partial charge in [0.1, 0.15) is 11.7 Å². The van der Waals surface area contributed by atoms with Crippen molar-refractivity contribution in [2.45, 2.75) is 19.3 Å². The van der Waals surface area contributed by atoms with Crippen molar-refractivity contribution in [3.63, 3.8) is 0 Å². The van der Waals surface area contributed by atoms with E-state index in [2.05, 4.69) is 5.32 Å². The largest absolute Gasteiger partial charge is 0.497 e. The maximum absolute atomic E-state index is 12.8. The molecule has 2 aromatic carbocycles. The monoisotopic (exact) mass is 365 g/mol. The van der Waals surface area contributed by atoms with E-state index in [0.717, 1.165) is 22.7 Å². The molecule has 1 aliphatic carbocycles. The van der Waals surface area contributed by atoms with Crippen molar-refractivity contribution in [1.29, 1.82) is 0 Å². The highest BCUT2D eigenvalue weighted by Crippen LogP contribution is 2.37. The third-order valence-corrected chi connectivity index (χ3v) is 4.63. The molecule has 0 saturated carbocycles. The first-order chi connectivity index (χ1) is 13.1. The Morgan fingerprint density at radius 2 is 1.81 bits per heavy atom. The number of rotatable bonds is 6. The normalized spacial score (nSPS) is 19.2. The van der Waals surface area contributed by atoms with Gasteiger partial charge >= 0.3 is 5.97 Å². The molecule has 0 aromatic heterocycles. The first kappa shape index (κ1) is 18.7. The molecule has 140 valence electrons. The molecule has 2 aromatic rings. The van der Waals surface area contributed by atoms with Gasteiger partial charge in [-0.1, -0.05) is 30.3 Å². The molecular weight excluding hydrogens is 342 g/mol. The second-order valence-electron chi connectivity index (χ2n) is 6.38. The summed E-state index contributed by atoms with van der Waals surface area (Å²) >= 11 is 0. The number of anilines is 1. The molecule has 0 heterocycles. The number of ether oxygens (including phenoxy) is 2. The fourth-order valence-corrected chi connectivity index (χ4v) is 3.34.